The summed E-state index contributed by atoms with van der Waals surface area (Å²) in [7, 11) is 0. The van der Waals surface area contributed by atoms with Crippen LogP contribution in [0.5, 0.6) is 0 Å². The first-order valence-corrected chi connectivity index (χ1v) is 6.98. The lowest BCUT2D eigenvalue weighted by Gasteiger charge is -2.06. The molecule has 0 fully saturated rings. The molecule has 1 atom stereocenters. The van der Waals surface area contributed by atoms with E-state index < -0.39 is 0 Å². The average Bonchev–Trinajstić information content (AvgIpc) is 2.73. The molecule has 0 aliphatic heterocycles. The van der Waals surface area contributed by atoms with Gasteiger partial charge < -0.3 is 5.73 Å². The molecule has 7 heteroatoms. The summed E-state index contributed by atoms with van der Waals surface area (Å²) in [6.45, 7) is 4.57. The molecule has 0 aliphatic rings. The zero-order chi connectivity index (χ0) is 13.8. The van der Waals surface area contributed by atoms with E-state index in [4.69, 9.17) is 5.73 Å². The van der Waals surface area contributed by atoms with E-state index >= 15 is 0 Å². The Labute approximate surface area is 115 Å². The van der Waals surface area contributed by atoms with Crippen LogP contribution in [-0.2, 0) is 6.54 Å². The highest BCUT2D eigenvalue weighted by Crippen LogP contribution is 2.24. The number of aromatic nitrogens is 4. The van der Waals surface area contributed by atoms with Crippen LogP contribution in [-0.4, -0.2) is 19.7 Å². The average molecular weight is 279 g/mol. The maximum Gasteiger partial charge on any atom is 0.343 e. The summed E-state index contributed by atoms with van der Waals surface area (Å²) < 4.78 is 1.63. The van der Waals surface area contributed by atoms with Crippen molar-refractivity contribution in [1.82, 2.24) is 19.7 Å². The quantitative estimate of drug-likeness (QED) is 0.866. The third-order valence-electron chi connectivity index (χ3n) is 2.61. The summed E-state index contributed by atoms with van der Waals surface area (Å²) in [4.78, 5) is 16.8. The number of rotatable bonds is 5. The second-order valence-electron chi connectivity index (χ2n) is 4.27. The Morgan fingerprint density at radius 3 is 2.89 bits per heavy atom. The van der Waals surface area contributed by atoms with Gasteiger partial charge >= 0.3 is 5.69 Å². The van der Waals surface area contributed by atoms with Gasteiger partial charge in [-0.3, -0.25) is 9.55 Å². The fourth-order valence-electron chi connectivity index (χ4n) is 1.63. The van der Waals surface area contributed by atoms with Crippen molar-refractivity contribution in [3.05, 3.63) is 34.5 Å². The Bertz CT molecular complexity index is 587. The van der Waals surface area contributed by atoms with Gasteiger partial charge in [0.05, 0.1) is 5.69 Å². The van der Waals surface area contributed by atoms with Crippen LogP contribution >= 0.6 is 11.8 Å². The largest absolute Gasteiger partial charge is 0.343 e. The van der Waals surface area contributed by atoms with Crippen LogP contribution in [0.25, 0.3) is 0 Å². The van der Waals surface area contributed by atoms with Gasteiger partial charge in [0.15, 0.2) is 5.16 Å². The van der Waals surface area contributed by atoms with Crippen molar-refractivity contribution >= 4 is 11.8 Å². The molecule has 0 spiro atoms. The van der Waals surface area contributed by atoms with Gasteiger partial charge in [-0.1, -0.05) is 6.92 Å². The zero-order valence-electron chi connectivity index (χ0n) is 11.0. The molecule has 0 aliphatic carbocycles. The smallest absolute Gasteiger partial charge is 0.323 e. The van der Waals surface area contributed by atoms with E-state index in [2.05, 4.69) is 15.2 Å². The predicted molar refractivity (Wildman–Crippen MR) is 74.1 cm³/mol. The van der Waals surface area contributed by atoms with Gasteiger partial charge in [0.1, 0.15) is 0 Å². The standard InChI is InChI=1S/C12H17N5OS/c1-3-6-17-11(18)15-16-12(17)19-9-4-5-10(8(2)13)14-7-9/h4-5,7-8H,3,6,13H2,1-2H3,(H,15,18)/t8-/m1/s1. The highest BCUT2D eigenvalue weighted by molar-refractivity contribution is 7.99. The van der Waals surface area contributed by atoms with Gasteiger partial charge in [-0.25, -0.2) is 9.89 Å². The van der Waals surface area contributed by atoms with Gasteiger partial charge in [-0.05, 0) is 37.2 Å². The SMILES string of the molecule is CCCn1c(Sc2ccc([C@@H](C)N)nc2)n[nH]c1=O. The van der Waals surface area contributed by atoms with Crippen molar-refractivity contribution in [2.45, 2.75) is 42.9 Å². The lowest BCUT2D eigenvalue weighted by molar-refractivity contribution is 0.604. The number of hydrogen-bond donors (Lipinski definition) is 2. The Hall–Kier alpha value is -1.60. The van der Waals surface area contributed by atoms with Gasteiger partial charge in [0, 0.05) is 23.7 Å². The zero-order valence-corrected chi connectivity index (χ0v) is 11.8. The van der Waals surface area contributed by atoms with Gasteiger partial charge in [-0.2, -0.15) is 0 Å². The van der Waals surface area contributed by atoms with Crippen LogP contribution < -0.4 is 11.4 Å². The first-order chi connectivity index (χ1) is 9.11. The molecule has 0 amide bonds. The van der Waals surface area contributed by atoms with Crippen molar-refractivity contribution in [2.75, 3.05) is 0 Å². The van der Waals surface area contributed by atoms with E-state index in [9.17, 15) is 4.79 Å². The molecule has 2 heterocycles. The van der Waals surface area contributed by atoms with Gasteiger partial charge in [0.2, 0.25) is 0 Å². The summed E-state index contributed by atoms with van der Waals surface area (Å²) in [6.07, 6.45) is 2.63. The molecular formula is C12H17N5OS. The first kappa shape index (κ1) is 13.8. The highest BCUT2D eigenvalue weighted by atomic mass is 32.2. The molecule has 0 saturated carbocycles. The van der Waals surface area contributed by atoms with Crippen LogP contribution in [0.15, 0.2) is 33.2 Å². The fraction of sp³-hybridized carbons (Fsp3) is 0.417. The van der Waals surface area contributed by atoms with E-state index in [-0.39, 0.29) is 11.7 Å². The summed E-state index contributed by atoms with van der Waals surface area (Å²) in [5, 5.41) is 7.15. The molecule has 2 aromatic rings. The fourth-order valence-corrected chi connectivity index (χ4v) is 2.46. The Kier molecular flexibility index (Phi) is 4.39. The molecule has 6 nitrogen and oxygen atoms in total. The summed E-state index contributed by atoms with van der Waals surface area (Å²) >= 11 is 1.41. The van der Waals surface area contributed by atoms with Crippen LogP contribution in [0.1, 0.15) is 32.0 Å². The normalized spacial score (nSPS) is 12.6. The molecule has 2 rings (SSSR count). The molecule has 0 radical (unpaired) electrons. The van der Waals surface area contributed by atoms with Crippen molar-refractivity contribution in [3.63, 3.8) is 0 Å². The summed E-state index contributed by atoms with van der Waals surface area (Å²) in [5.74, 6) is 0. The number of nitrogens with two attached hydrogens (primary N) is 1. The lowest BCUT2D eigenvalue weighted by Crippen LogP contribution is -2.17. The van der Waals surface area contributed by atoms with E-state index in [0.29, 0.717) is 11.7 Å². The topological polar surface area (TPSA) is 89.6 Å². The minimum Gasteiger partial charge on any atom is -0.323 e. The number of nitrogens with zero attached hydrogens (tertiary/aromatic N) is 3. The van der Waals surface area contributed by atoms with E-state index in [1.807, 2.05) is 26.0 Å². The second kappa shape index (κ2) is 6.03. The molecular weight excluding hydrogens is 262 g/mol. The van der Waals surface area contributed by atoms with E-state index in [1.54, 1.807) is 10.8 Å². The van der Waals surface area contributed by atoms with Gasteiger partial charge in [0.25, 0.3) is 0 Å². The number of aromatic amines is 1. The molecule has 19 heavy (non-hydrogen) atoms. The lowest BCUT2D eigenvalue weighted by atomic mass is 10.2. The van der Waals surface area contributed by atoms with Crippen LogP contribution in [0.4, 0.5) is 0 Å². The number of hydrogen-bond acceptors (Lipinski definition) is 5. The Balaban J connectivity index is 2.19. The van der Waals surface area contributed by atoms with Crippen LogP contribution in [0, 0.1) is 0 Å². The summed E-state index contributed by atoms with van der Waals surface area (Å²) in [5.41, 5.74) is 6.42. The van der Waals surface area contributed by atoms with E-state index in [0.717, 1.165) is 17.0 Å². The maximum absolute atomic E-state index is 11.6. The third-order valence-corrected chi connectivity index (χ3v) is 3.58. The summed E-state index contributed by atoms with van der Waals surface area (Å²) in [6, 6.07) is 3.75. The molecule has 3 N–H and O–H groups in total. The van der Waals surface area contributed by atoms with Crippen molar-refractivity contribution in [1.29, 1.82) is 0 Å². The van der Waals surface area contributed by atoms with Gasteiger partial charge in [-0.15, -0.1) is 5.10 Å². The van der Waals surface area contributed by atoms with Crippen molar-refractivity contribution < 1.29 is 0 Å². The van der Waals surface area contributed by atoms with Crippen molar-refractivity contribution in [3.8, 4) is 0 Å². The highest BCUT2D eigenvalue weighted by Gasteiger charge is 2.09. The first-order valence-electron chi connectivity index (χ1n) is 6.16. The molecule has 0 saturated heterocycles. The minimum absolute atomic E-state index is 0.0808. The molecule has 102 valence electrons. The third kappa shape index (κ3) is 3.24. The molecule has 2 aromatic heterocycles. The number of pyridine rings is 1. The van der Waals surface area contributed by atoms with Crippen molar-refractivity contribution in [2.24, 2.45) is 5.73 Å². The molecule has 0 bridgehead atoms. The Morgan fingerprint density at radius 1 is 1.53 bits per heavy atom. The predicted octanol–water partition coefficient (Wildman–Crippen LogP) is 1.55. The van der Waals surface area contributed by atoms with Crippen LogP contribution in [0.2, 0.25) is 0 Å². The van der Waals surface area contributed by atoms with E-state index in [1.165, 1.54) is 11.8 Å². The Morgan fingerprint density at radius 2 is 2.32 bits per heavy atom. The number of H-pyrrole nitrogens is 1. The monoisotopic (exact) mass is 279 g/mol. The molecule has 0 unspecified atom stereocenters. The second-order valence-corrected chi connectivity index (χ2v) is 5.31. The maximum atomic E-state index is 11.6. The minimum atomic E-state index is -0.176. The molecule has 0 aromatic carbocycles. The van der Waals surface area contributed by atoms with Crippen LogP contribution in [0.3, 0.4) is 0 Å². The number of nitrogens with one attached hydrogen (secondary N) is 1.